The molecule has 2 N–H and O–H groups in total. The summed E-state index contributed by atoms with van der Waals surface area (Å²) in [5, 5.41) is 2.25. The molecule has 0 unspecified atom stereocenters. The van der Waals surface area contributed by atoms with Gasteiger partial charge in [-0.1, -0.05) is 19.3 Å². The zero-order valence-electron chi connectivity index (χ0n) is 8.88. The molecule has 2 heteroatoms. The van der Waals surface area contributed by atoms with E-state index in [0.29, 0.717) is 5.41 Å². The van der Waals surface area contributed by atoms with Gasteiger partial charge in [-0.2, -0.15) is 0 Å². The topological polar surface area (TPSA) is 26.0 Å². The minimum absolute atomic E-state index is 0.331. The summed E-state index contributed by atoms with van der Waals surface area (Å²) >= 11 is 1.90. The first-order valence-corrected chi connectivity index (χ1v) is 6.40. The van der Waals surface area contributed by atoms with E-state index in [-0.39, 0.29) is 0 Å². The Morgan fingerprint density at radius 1 is 1.36 bits per heavy atom. The van der Waals surface area contributed by atoms with Crippen molar-refractivity contribution in [1.29, 1.82) is 0 Å². The van der Waals surface area contributed by atoms with Gasteiger partial charge in [0.25, 0.3) is 0 Å². The van der Waals surface area contributed by atoms with Gasteiger partial charge in [-0.15, -0.1) is 11.3 Å². The molecule has 1 aromatic heterocycles. The van der Waals surface area contributed by atoms with Crippen LogP contribution in [0.1, 0.15) is 42.5 Å². The Balaban J connectivity index is 2.26. The van der Waals surface area contributed by atoms with Crippen molar-refractivity contribution in [3.63, 3.8) is 0 Å². The fourth-order valence-corrected chi connectivity index (χ4v) is 3.66. The van der Waals surface area contributed by atoms with Crippen LogP contribution in [0.3, 0.4) is 0 Å². The van der Waals surface area contributed by atoms with E-state index in [4.69, 9.17) is 5.73 Å². The van der Waals surface area contributed by atoms with Gasteiger partial charge in [-0.25, -0.2) is 0 Å². The number of hydrogen-bond donors (Lipinski definition) is 1. The first-order chi connectivity index (χ1) is 6.77. The van der Waals surface area contributed by atoms with Crippen LogP contribution >= 0.6 is 11.3 Å². The number of aryl methyl sites for hydroxylation is 1. The van der Waals surface area contributed by atoms with Crippen molar-refractivity contribution >= 4 is 11.3 Å². The zero-order valence-corrected chi connectivity index (χ0v) is 9.70. The molecule has 0 amide bonds. The summed E-state index contributed by atoms with van der Waals surface area (Å²) in [6.45, 7) is 3.00. The van der Waals surface area contributed by atoms with Crippen molar-refractivity contribution in [2.24, 2.45) is 5.73 Å². The summed E-state index contributed by atoms with van der Waals surface area (Å²) in [7, 11) is 0. The lowest BCUT2D eigenvalue weighted by Gasteiger charge is -2.35. The molecule has 2 rings (SSSR count). The van der Waals surface area contributed by atoms with Gasteiger partial charge in [0.05, 0.1) is 0 Å². The predicted molar refractivity (Wildman–Crippen MR) is 62.9 cm³/mol. The quantitative estimate of drug-likeness (QED) is 0.795. The van der Waals surface area contributed by atoms with Gasteiger partial charge in [-0.3, -0.25) is 0 Å². The van der Waals surface area contributed by atoms with Crippen LogP contribution in [-0.2, 0) is 5.41 Å². The Kier molecular flexibility index (Phi) is 2.93. The molecule has 0 aliphatic heterocycles. The molecule has 1 aliphatic rings. The number of rotatable bonds is 2. The van der Waals surface area contributed by atoms with Gasteiger partial charge in [0, 0.05) is 16.8 Å². The molecule has 14 heavy (non-hydrogen) atoms. The summed E-state index contributed by atoms with van der Waals surface area (Å²) in [4.78, 5) is 1.53. The molecule has 0 spiro atoms. The molecule has 1 aromatic rings. The number of nitrogens with two attached hydrogens (primary N) is 1. The molecule has 0 atom stereocenters. The van der Waals surface area contributed by atoms with Crippen molar-refractivity contribution in [3.8, 4) is 0 Å². The Morgan fingerprint density at radius 3 is 2.57 bits per heavy atom. The van der Waals surface area contributed by atoms with Gasteiger partial charge in [-0.05, 0) is 36.8 Å². The standard InChI is InChI=1S/C12H19NS/c1-10-7-11(14-8-10)12(9-13)5-3-2-4-6-12/h7-8H,2-6,9,13H2,1H3. The van der Waals surface area contributed by atoms with Crippen molar-refractivity contribution in [3.05, 3.63) is 21.9 Å². The molecule has 1 nitrogen and oxygen atoms in total. The van der Waals surface area contributed by atoms with Crippen LogP contribution in [0.25, 0.3) is 0 Å². The van der Waals surface area contributed by atoms with Crippen molar-refractivity contribution < 1.29 is 0 Å². The van der Waals surface area contributed by atoms with Crippen LogP contribution in [0, 0.1) is 6.92 Å². The van der Waals surface area contributed by atoms with Gasteiger partial charge in [0.15, 0.2) is 0 Å². The first kappa shape index (κ1) is 10.2. The predicted octanol–water partition coefficient (Wildman–Crippen LogP) is 3.22. The van der Waals surface area contributed by atoms with Crippen LogP contribution in [0.15, 0.2) is 11.4 Å². The molecule has 78 valence electrons. The molecule has 1 saturated carbocycles. The van der Waals surface area contributed by atoms with E-state index in [1.165, 1.54) is 42.5 Å². The smallest absolute Gasteiger partial charge is 0.0169 e. The second-order valence-electron chi connectivity index (χ2n) is 4.53. The highest BCUT2D eigenvalue weighted by Gasteiger charge is 2.33. The van der Waals surface area contributed by atoms with E-state index in [0.717, 1.165) is 6.54 Å². The molecule has 1 heterocycles. The minimum Gasteiger partial charge on any atom is -0.330 e. The number of thiophene rings is 1. The van der Waals surface area contributed by atoms with E-state index in [2.05, 4.69) is 18.4 Å². The Bertz CT molecular complexity index is 297. The maximum Gasteiger partial charge on any atom is 0.0169 e. The molecule has 1 aliphatic carbocycles. The van der Waals surface area contributed by atoms with E-state index >= 15 is 0 Å². The van der Waals surface area contributed by atoms with Crippen LogP contribution < -0.4 is 5.73 Å². The average molecular weight is 209 g/mol. The van der Waals surface area contributed by atoms with Gasteiger partial charge in [0.1, 0.15) is 0 Å². The SMILES string of the molecule is Cc1csc(C2(CN)CCCCC2)c1. The molecular formula is C12H19NS. The van der Waals surface area contributed by atoms with Crippen molar-refractivity contribution in [2.75, 3.05) is 6.54 Å². The molecular weight excluding hydrogens is 190 g/mol. The first-order valence-electron chi connectivity index (χ1n) is 5.52. The van der Waals surface area contributed by atoms with E-state index in [1.807, 2.05) is 11.3 Å². The normalized spacial score (nSPS) is 21.0. The summed E-state index contributed by atoms with van der Waals surface area (Å²) in [6, 6.07) is 2.34. The largest absolute Gasteiger partial charge is 0.330 e. The van der Waals surface area contributed by atoms with Crippen LogP contribution in [0.2, 0.25) is 0 Å². The van der Waals surface area contributed by atoms with E-state index in [1.54, 1.807) is 0 Å². The summed E-state index contributed by atoms with van der Waals surface area (Å²) in [6.07, 6.45) is 6.70. The Hall–Kier alpha value is -0.340. The third-order valence-electron chi connectivity index (χ3n) is 3.45. The Morgan fingerprint density at radius 2 is 2.07 bits per heavy atom. The van der Waals surface area contributed by atoms with Crippen LogP contribution in [0.5, 0.6) is 0 Å². The second kappa shape index (κ2) is 4.03. The summed E-state index contributed by atoms with van der Waals surface area (Å²) < 4.78 is 0. The lowest BCUT2D eigenvalue weighted by atomic mass is 9.73. The third-order valence-corrected chi connectivity index (χ3v) is 4.75. The number of hydrogen-bond acceptors (Lipinski definition) is 2. The molecule has 1 fully saturated rings. The zero-order chi connectivity index (χ0) is 10.0. The molecule has 0 bridgehead atoms. The summed E-state index contributed by atoms with van der Waals surface area (Å²) in [5.74, 6) is 0. The van der Waals surface area contributed by atoms with Gasteiger partial charge < -0.3 is 5.73 Å². The fraction of sp³-hybridized carbons (Fsp3) is 0.667. The monoisotopic (exact) mass is 209 g/mol. The maximum atomic E-state index is 5.99. The van der Waals surface area contributed by atoms with Crippen LogP contribution in [-0.4, -0.2) is 6.54 Å². The Labute approximate surface area is 90.3 Å². The highest BCUT2D eigenvalue weighted by atomic mass is 32.1. The van der Waals surface area contributed by atoms with E-state index in [9.17, 15) is 0 Å². The lowest BCUT2D eigenvalue weighted by Crippen LogP contribution is -2.36. The molecule has 0 radical (unpaired) electrons. The minimum atomic E-state index is 0.331. The molecule has 0 aromatic carbocycles. The highest BCUT2D eigenvalue weighted by Crippen LogP contribution is 2.41. The van der Waals surface area contributed by atoms with Crippen molar-refractivity contribution in [2.45, 2.75) is 44.4 Å². The summed E-state index contributed by atoms with van der Waals surface area (Å²) in [5.41, 5.74) is 7.71. The van der Waals surface area contributed by atoms with E-state index < -0.39 is 0 Å². The van der Waals surface area contributed by atoms with Gasteiger partial charge in [0.2, 0.25) is 0 Å². The molecule has 0 saturated heterocycles. The second-order valence-corrected chi connectivity index (χ2v) is 5.44. The maximum absolute atomic E-state index is 5.99. The van der Waals surface area contributed by atoms with Crippen molar-refractivity contribution in [1.82, 2.24) is 0 Å². The third kappa shape index (κ3) is 1.73. The van der Waals surface area contributed by atoms with Gasteiger partial charge >= 0.3 is 0 Å². The average Bonchev–Trinajstić information content (AvgIpc) is 2.66. The fourth-order valence-electron chi connectivity index (χ4n) is 2.49. The highest BCUT2D eigenvalue weighted by molar-refractivity contribution is 7.10. The lowest BCUT2D eigenvalue weighted by molar-refractivity contribution is 0.306. The van der Waals surface area contributed by atoms with Crippen LogP contribution in [0.4, 0.5) is 0 Å².